The second-order valence-electron chi connectivity index (χ2n) is 6.61. The molecule has 0 bridgehead atoms. The summed E-state index contributed by atoms with van der Waals surface area (Å²) >= 11 is 1.21. The maximum Gasteiger partial charge on any atom is 0.365 e. The number of thioether (sulfide) groups is 1. The minimum atomic E-state index is -0.982. The summed E-state index contributed by atoms with van der Waals surface area (Å²) in [7, 11) is 2.83. The Kier molecular flexibility index (Phi) is 6.84. The summed E-state index contributed by atoms with van der Waals surface area (Å²) in [5.74, 6) is -1.21. The second-order valence-corrected chi connectivity index (χ2v) is 7.87. The van der Waals surface area contributed by atoms with Gasteiger partial charge in [0.15, 0.2) is 0 Å². The highest BCUT2D eigenvalue weighted by atomic mass is 32.2. The second kappa shape index (κ2) is 9.36. The number of hydrazone groups is 1. The lowest BCUT2D eigenvalue weighted by atomic mass is 10.0. The number of rotatable bonds is 7. The molecule has 158 valence electrons. The maximum absolute atomic E-state index is 14.5. The van der Waals surface area contributed by atoms with Gasteiger partial charge in [-0.2, -0.15) is 10.1 Å². The fraction of sp³-hybridized carbons (Fsp3) is 0.286. The third-order valence-corrected chi connectivity index (χ3v) is 6.18. The van der Waals surface area contributed by atoms with E-state index < -0.39 is 22.5 Å². The molecule has 1 atom stereocenters. The van der Waals surface area contributed by atoms with E-state index in [0.717, 1.165) is 28.8 Å². The molecule has 1 heterocycles. The van der Waals surface area contributed by atoms with Crippen LogP contribution in [0.25, 0.3) is 0 Å². The molecule has 0 spiro atoms. The highest BCUT2D eigenvalue weighted by Crippen LogP contribution is 2.51. The van der Waals surface area contributed by atoms with Crippen molar-refractivity contribution in [2.45, 2.75) is 17.7 Å². The van der Waals surface area contributed by atoms with Crippen LogP contribution in [-0.2, 0) is 9.71 Å². The van der Waals surface area contributed by atoms with Gasteiger partial charge in [0.05, 0.1) is 7.11 Å². The van der Waals surface area contributed by atoms with Crippen LogP contribution in [0.3, 0.4) is 0 Å². The number of hydrogen-bond acceptors (Lipinski definition) is 5. The molecule has 0 unspecified atom stereocenters. The van der Waals surface area contributed by atoms with Crippen LogP contribution in [-0.4, -0.2) is 48.6 Å². The monoisotopic (exact) mass is 432 g/mol. The lowest BCUT2D eigenvalue weighted by Gasteiger charge is -2.37. The predicted molar refractivity (Wildman–Crippen MR) is 114 cm³/mol. The number of carbonyl (C=O) groups excluding carboxylic acids is 1. The van der Waals surface area contributed by atoms with Crippen LogP contribution in [0.5, 0.6) is 0 Å². The Morgan fingerprint density at radius 3 is 2.70 bits per heavy atom. The van der Waals surface area contributed by atoms with E-state index >= 15 is 0 Å². The van der Waals surface area contributed by atoms with E-state index in [0.29, 0.717) is 19.4 Å². The Hall–Kier alpha value is -2.78. The van der Waals surface area contributed by atoms with Crippen LogP contribution in [0.2, 0.25) is 0 Å². The van der Waals surface area contributed by atoms with Crippen LogP contribution >= 0.6 is 11.8 Å². The third kappa shape index (κ3) is 4.22. The molecule has 9 heteroatoms. The van der Waals surface area contributed by atoms with Crippen molar-refractivity contribution in [2.75, 3.05) is 20.7 Å². The maximum atomic E-state index is 14.5. The van der Waals surface area contributed by atoms with Gasteiger partial charge in [0, 0.05) is 19.2 Å². The van der Waals surface area contributed by atoms with E-state index in [1.165, 1.54) is 30.9 Å². The number of carbonyl (C=O) groups is 1. The van der Waals surface area contributed by atoms with E-state index in [9.17, 15) is 13.6 Å². The summed E-state index contributed by atoms with van der Waals surface area (Å²) in [5, 5.41) is 6.95. The van der Waals surface area contributed by atoms with Crippen LogP contribution < -0.4 is 0 Å². The number of benzene rings is 2. The molecule has 0 saturated heterocycles. The normalized spacial score (nSPS) is 18.3. The molecule has 6 nitrogen and oxygen atoms in total. The fourth-order valence-electron chi connectivity index (χ4n) is 3.19. The number of nitrogens with zero attached hydrogens (tertiary/aromatic N) is 4. The Morgan fingerprint density at radius 1 is 1.30 bits per heavy atom. The zero-order chi connectivity index (χ0) is 21.7. The molecule has 0 radical (unpaired) electrons. The quantitative estimate of drug-likeness (QED) is 0.364. The van der Waals surface area contributed by atoms with Crippen LogP contribution in [0, 0.1) is 11.6 Å². The molecule has 0 N–H and O–H groups in total. The number of urea groups is 1. The third-order valence-electron chi connectivity index (χ3n) is 4.74. The zero-order valence-electron chi connectivity index (χ0n) is 16.7. The Morgan fingerprint density at radius 2 is 2.03 bits per heavy atom. The van der Waals surface area contributed by atoms with Gasteiger partial charge in [-0.05, 0) is 43.3 Å². The van der Waals surface area contributed by atoms with Crippen molar-refractivity contribution in [1.82, 2.24) is 10.1 Å². The molecule has 0 fully saturated rings. The first-order valence-electron chi connectivity index (χ1n) is 9.26. The minimum Gasteiger partial charge on any atom is -0.301 e. The van der Waals surface area contributed by atoms with Gasteiger partial charge in [-0.15, -0.1) is 0 Å². The van der Waals surface area contributed by atoms with Crippen molar-refractivity contribution >= 4 is 29.6 Å². The number of amides is 2. The molecular weight excluding hydrogens is 410 g/mol. The largest absolute Gasteiger partial charge is 0.365 e. The molecule has 0 saturated carbocycles. The molecule has 0 aromatic heterocycles. The standard InChI is InChI=1S/C21H22F2N4O2S/c1-24-13-7-12-21(15-8-5-4-6-9-15)27(20(28)26(2)29-3)25-19(30-21)17-14-16(22)10-11-18(17)23/h4-6,8-11,14H,1,7,12-13H2,2-3H3/t21-/m0/s1. The molecule has 3 rings (SSSR count). The summed E-state index contributed by atoms with van der Waals surface area (Å²) < 4.78 is 28.4. The first-order chi connectivity index (χ1) is 14.4. The zero-order valence-corrected chi connectivity index (χ0v) is 17.5. The average molecular weight is 432 g/mol. The summed E-state index contributed by atoms with van der Waals surface area (Å²) in [6.45, 7) is 4.00. The van der Waals surface area contributed by atoms with Crippen LogP contribution in [0.4, 0.5) is 13.6 Å². The smallest absolute Gasteiger partial charge is 0.301 e. The van der Waals surface area contributed by atoms with Crippen molar-refractivity contribution in [3.63, 3.8) is 0 Å². The summed E-state index contributed by atoms with van der Waals surface area (Å²) in [6, 6.07) is 12.0. The first-order valence-corrected chi connectivity index (χ1v) is 10.1. The molecule has 1 aliphatic heterocycles. The molecule has 0 aliphatic carbocycles. The van der Waals surface area contributed by atoms with E-state index in [2.05, 4.69) is 16.8 Å². The van der Waals surface area contributed by atoms with Crippen molar-refractivity contribution in [3.8, 4) is 0 Å². The molecule has 2 aromatic rings. The number of halogens is 2. The van der Waals surface area contributed by atoms with Crippen molar-refractivity contribution < 1.29 is 18.4 Å². The summed E-state index contributed by atoms with van der Waals surface area (Å²) in [5.41, 5.74) is 0.796. The SMILES string of the molecule is C=NCCC[C@@]1(c2ccccc2)SC(c2cc(F)ccc2F)=NN1C(=O)N(C)OC. The Labute approximate surface area is 178 Å². The van der Waals surface area contributed by atoms with Gasteiger partial charge in [0.25, 0.3) is 0 Å². The lowest BCUT2D eigenvalue weighted by Crippen LogP contribution is -2.46. The molecular formula is C21H22F2N4O2S. The van der Waals surface area contributed by atoms with Gasteiger partial charge in [-0.25, -0.2) is 18.6 Å². The van der Waals surface area contributed by atoms with Gasteiger partial charge in [-0.3, -0.25) is 4.84 Å². The van der Waals surface area contributed by atoms with Gasteiger partial charge >= 0.3 is 6.03 Å². The summed E-state index contributed by atoms with van der Waals surface area (Å²) in [6.07, 6.45) is 1.08. The fourth-order valence-corrected chi connectivity index (χ4v) is 4.60. The Balaban J connectivity index is 2.14. The van der Waals surface area contributed by atoms with Crippen molar-refractivity contribution in [3.05, 3.63) is 71.3 Å². The topological polar surface area (TPSA) is 57.5 Å². The molecule has 2 amide bonds. The number of aliphatic imine (C=N–C) groups is 1. The lowest BCUT2D eigenvalue weighted by molar-refractivity contribution is -0.0805. The van der Waals surface area contributed by atoms with E-state index in [4.69, 9.17) is 4.84 Å². The van der Waals surface area contributed by atoms with Crippen LogP contribution in [0.1, 0.15) is 24.0 Å². The number of hydroxylamine groups is 2. The van der Waals surface area contributed by atoms with Gasteiger partial charge in [0.1, 0.15) is 21.5 Å². The van der Waals surface area contributed by atoms with Crippen LogP contribution in [0.15, 0.2) is 58.6 Å². The van der Waals surface area contributed by atoms with Crippen molar-refractivity contribution in [2.24, 2.45) is 10.1 Å². The molecule has 1 aliphatic rings. The highest BCUT2D eigenvalue weighted by molar-refractivity contribution is 8.15. The predicted octanol–water partition coefficient (Wildman–Crippen LogP) is 4.62. The molecule has 30 heavy (non-hydrogen) atoms. The minimum absolute atomic E-state index is 0.00229. The number of hydrogen-bond donors (Lipinski definition) is 0. The van der Waals surface area contributed by atoms with E-state index in [-0.39, 0.29) is 10.6 Å². The van der Waals surface area contributed by atoms with Gasteiger partial charge < -0.3 is 4.99 Å². The highest BCUT2D eigenvalue weighted by Gasteiger charge is 2.49. The average Bonchev–Trinajstić information content (AvgIpc) is 3.15. The molecule has 2 aromatic carbocycles. The first kappa shape index (κ1) is 21.9. The van der Waals surface area contributed by atoms with E-state index in [1.807, 2.05) is 30.3 Å². The summed E-state index contributed by atoms with van der Waals surface area (Å²) in [4.78, 5) is 21.1. The van der Waals surface area contributed by atoms with Gasteiger partial charge in [0.2, 0.25) is 0 Å². The van der Waals surface area contributed by atoms with Gasteiger partial charge in [-0.1, -0.05) is 42.1 Å². The Bertz CT molecular complexity index is 957. The van der Waals surface area contributed by atoms with E-state index in [1.54, 1.807) is 0 Å². The van der Waals surface area contributed by atoms with Crippen molar-refractivity contribution in [1.29, 1.82) is 0 Å².